The van der Waals surface area contributed by atoms with Crippen LogP contribution in [0.2, 0.25) is 0 Å². The number of sulfone groups is 1. The maximum Gasteiger partial charge on any atom is 0.262 e. The first-order valence-corrected chi connectivity index (χ1v) is 14.8. The normalized spacial score (nSPS) is 17.5. The van der Waals surface area contributed by atoms with Gasteiger partial charge in [0.05, 0.1) is 21.2 Å². The fraction of sp³-hybridized carbons (Fsp3) is 0.276. The minimum Gasteiger partial charge on any atom is -0.369 e. The highest BCUT2D eigenvalue weighted by Gasteiger charge is 2.25. The number of aryl methyl sites for hydroxylation is 2. The number of thioether (sulfide) groups is 1. The highest BCUT2D eigenvalue weighted by Crippen LogP contribution is 2.40. The topological polar surface area (TPSA) is 69.7 Å². The van der Waals surface area contributed by atoms with Crippen molar-refractivity contribution in [1.29, 1.82) is 0 Å². The number of nitrogens with zero attached hydrogens (tertiary/aromatic N) is 2. The standard InChI is InChI=1S/C29H31N3O3S2/c1-20-5-4-6-21(2)25(20)19-37(34,35)24-11-12-26-27(18-24)36-28(29(33)30-26)17-22-7-9-23(10-8-22)32-15-13-31(3)14-16-32/h4-12,17-18H,13-16,19H2,1-3H3,(H,30,33). The van der Waals surface area contributed by atoms with Crippen LogP contribution in [0.15, 0.2) is 75.4 Å². The molecular formula is C29H31N3O3S2. The minimum absolute atomic E-state index is 0.0519. The number of benzene rings is 3. The van der Waals surface area contributed by atoms with E-state index in [-0.39, 0.29) is 16.6 Å². The molecule has 1 N–H and O–H groups in total. The van der Waals surface area contributed by atoms with Crippen LogP contribution in [0.4, 0.5) is 11.4 Å². The number of amides is 1. The van der Waals surface area contributed by atoms with Gasteiger partial charge in [-0.1, -0.05) is 42.1 Å². The van der Waals surface area contributed by atoms with Crippen LogP contribution in [0.25, 0.3) is 6.08 Å². The lowest BCUT2D eigenvalue weighted by Gasteiger charge is -2.34. The third-order valence-corrected chi connectivity index (χ3v) is 9.76. The summed E-state index contributed by atoms with van der Waals surface area (Å²) in [5, 5.41) is 2.91. The van der Waals surface area contributed by atoms with E-state index in [1.807, 2.05) is 50.3 Å². The Morgan fingerprint density at radius 2 is 1.62 bits per heavy atom. The van der Waals surface area contributed by atoms with E-state index in [1.54, 1.807) is 18.2 Å². The third kappa shape index (κ3) is 5.61. The Labute approximate surface area is 223 Å². The molecule has 0 atom stereocenters. The van der Waals surface area contributed by atoms with Crippen molar-refractivity contribution in [2.45, 2.75) is 29.4 Å². The summed E-state index contributed by atoms with van der Waals surface area (Å²) in [5.74, 6) is -0.240. The van der Waals surface area contributed by atoms with Crippen LogP contribution in [0, 0.1) is 13.8 Å². The smallest absolute Gasteiger partial charge is 0.262 e. The van der Waals surface area contributed by atoms with Crippen LogP contribution < -0.4 is 10.2 Å². The van der Waals surface area contributed by atoms with Crippen molar-refractivity contribution in [3.63, 3.8) is 0 Å². The first kappa shape index (κ1) is 25.6. The molecular weight excluding hydrogens is 502 g/mol. The third-order valence-electron chi connectivity index (χ3n) is 7.04. The summed E-state index contributed by atoms with van der Waals surface area (Å²) in [6.45, 7) is 7.96. The van der Waals surface area contributed by atoms with E-state index in [1.165, 1.54) is 17.4 Å². The van der Waals surface area contributed by atoms with Gasteiger partial charge in [0.2, 0.25) is 0 Å². The van der Waals surface area contributed by atoms with Crippen molar-refractivity contribution in [1.82, 2.24) is 4.90 Å². The monoisotopic (exact) mass is 533 g/mol. The fourth-order valence-electron chi connectivity index (χ4n) is 4.67. The molecule has 2 aliphatic rings. The van der Waals surface area contributed by atoms with E-state index < -0.39 is 9.84 Å². The van der Waals surface area contributed by atoms with Gasteiger partial charge in [0.25, 0.3) is 5.91 Å². The number of rotatable bonds is 5. The zero-order valence-electron chi connectivity index (χ0n) is 21.3. The molecule has 0 unspecified atom stereocenters. The Bertz CT molecular complexity index is 1450. The molecule has 3 aromatic carbocycles. The van der Waals surface area contributed by atoms with Gasteiger partial charge in [-0.05, 0) is 79.6 Å². The second-order valence-electron chi connectivity index (χ2n) is 9.73. The summed E-state index contributed by atoms with van der Waals surface area (Å²) in [5.41, 5.74) is 5.50. The Hall–Kier alpha value is -3.07. The van der Waals surface area contributed by atoms with Gasteiger partial charge >= 0.3 is 0 Å². The van der Waals surface area contributed by atoms with Crippen LogP contribution in [0.3, 0.4) is 0 Å². The molecule has 0 spiro atoms. The molecule has 37 heavy (non-hydrogen) atoms. The van der Waals surface area contributed by atoms with Gasteiger partial charge in [-0.3, -0.25) is 4.79 Å². The van der Waals surface area contributed by atoms with Crippen LogP contribution in [0.5, 0.6) is 0 Å². The Morgan fingerprint density at radius 1 is 0.946 bits per heavy atom. The molecule has 6 nitrogen and oxygen atoms in total. The van der Waals surface area contributed by atoms with Crippen molar-refractivity contribution in [3.8, 4) is 0 Å². The Kier molecular flexibility index (Phi) is 7.16. The number of hydrogen-bond donors (Lipinski definition) is 1. The zero-order valence-corrected chi connectivity index (χ0v) is 23.0. The van der Waals surface area contributed by atoms with Crippen LogP contribution in [0.1, 0.15) is 22.3 Å². The summed E-state index contributed by atoms with van der Waals surface area (Å²) < 4.78 is 26.6. The summed E-state index contributed by atoms with van der Waals surface area (Å²) >= 11 is 1.30. The number of fused-ring (bicyclic) bond motifs is 1. The van der Waals surface area contributed by atoms with E-state index in [2.05, 4.69) is 34.3 Å². The maximum absolute atomic E-state index is 13.3. The van der Waals surface area contributed by atoms with E-state index >= 15 is 0 Å². The van der Waals surface area contributed by atoms with Gasteiger partial charge in [0, 0.05) is 36.8 Å². The predicted octanol–water partition coefficient (Wildman–Crippen LogP) is 5.11. The second kappa shape index (κ2) is 10.4. The van der Waals surface area contributed by atoms with Gasteiger partial charge in [0.15, 0.2) is 9.84 Å². The van der Waals surface area contributed by atoms with Crippen molar-refractivity contribution >= 4 is 45.0 Å². The molecule has 2 aliphatic heterocycles. The molecule has 8 heteroatoms. The largest absolute Gasteiger partial charge is 0.369 e. The summed E-state index contributed by atoms with van der Waals surface area (Å²) in [6.07, 6.45) is 1.86. The molecule has 1 amide bonds. The molecule has 0 bridgehead atoms. The van der Waals surface area contributed by atoms with Crippen LogP contribution >= 0.6 is 11.8 Å². The number of piperazine rings is 1. The van der Waals surface area contributed by atoms with Crippen LogP contribution in [-0.2, 0) is 20.4 Å². The lowest BCUT2D eigenvalue weighted by molar-refractivity contribution is -0.112. The van der Waals surface area contributed by atoms with Crippen molar-refractivity contribution in [3.05, 3.63) is 87.8 Å². The van der Waals surface area contributed by atoms with Gasteiger partial charge in [-0.15, -0.1) is 0 Å². The van der Waals surface area contributed by atoms with Crippen LogP contribution in [-0.4, -0.2) is 52.5 Å². The summed E-state index contributed by atoms with van der Waals surface area (Å²) in [6, 6.07) is 19.0. The number of hydrogen-bond acceptors (Lipinski definition) is 6. The second-order valence-corrected chi connectivity index (χ2v) is 12.8. The van der Waals surface area contributed by atoms with E-state index in [9.17, 15) is 13.2 Å². The van der Waals surface area contributed by atoms with E-state index in [0.717, 1.165) is 53.3 Å². The number of carbonyl (C=O) groups excluding carboxylic acids is 1. The molecule has 1 fully saturated rings. The average molecular weight is 534 g/mol. The van der Waals surface area contributed by atoms with Gasteiger partial charge in [-0.2, -0.15) is 0 Å². The highest BCUT2D eigenvalue weighted by atomic mass is 32.2. The molecule has 0 aromatic heterocycles. The SMILES string of the molecule is Cc1cccc(C)c1CS(=O)(=O)c1ccc2c(c1)SC(=Cc1ccc(N3CCN(C)CC3)cc1)C(=O)N2. The highest BCUT2D eigenvalue weighted by molar-refractivity contribution is 8.04. The van der Waals surface area contributed by atoms with Crippen molar-refractivity contribution < 1.29 is 13.2 Å². The van der Waals surface area contributed by atoms with Crippen molar-refractivity contribution in [2.24, 2.45) is 0 Å². The minimum atomic E-state index is -3.55. The van der Waals surface area contributed by atoms with Crippen molar-refractivity contribution in [2.75, 3.05) is 43.4 Å². The molecule has 5 rings (SSSR count). The molecule has 3 aromatic rings. The zero-order chi connectivity index (χ0) is 26.2. The Balaban J connectivity index is 1.36. The molecule has 1 saturated heterocycles. The van der Waals surface area contributed by atoms with Gasteiger partial charge < -0.3 is 15.1 Å². The van der Waals surface area contributed by atoms with Gasteiger partial charge in [-0.25, -0.2) is 8.42 Å². The fourth-order valence-corrected chi connectivity index (χ4v) is 7.31. The lowest BCUT2D eigenvalue weighted by atomic mass is 10.1. The Morgan fingerprint density at radius 3 is 2.30 bits per heavy atom. The first-order valence-electron chi connectivity index (χ1n) is 12.4. The molecule has 0 radical (unpaired) electrons. The molecule has 0 aliphatic carbocycles. The van der Waals surface area contributed by atoms with E-state index in [4.69, 9.17) is 0 Å². The maximum atomic E-state index is 13.3. The summed E-state index contributed by atoms with van der Waals surface area (Å²) in [4.78, 5) is 19.0. The lowest BCUT2D eigenvalue weighted by Crippen LogP contribution is -2.44. The molecule has 2 heterocycles. The van der Waals surface area contributed by atoms with E-state index in [0.29, 0.717) is 10.6 Å². The molecule has 192 valence electrons. The number of anilines is 2. The number of carbonyl (C=O) groups is 1. The van der Waals surface area contributed by atoms with Gasteiger partial charge in [0.1, 0.15) is 0 Å². The average Bonchev–Trinajstić information content (AvgIpc) is 2.87. The quantitative estimate of drug-likeness (QED) is 0.460. The number of nitrogens with one attached hydrogen (secondary N) is 1. The first-order chi connectivity index (χ1) is 17.7. The number of likely N-dealkylation sites (N-methyl/N-ethyl adjacent to an activating group) is 1. The summed E-state index contributed by atoms with van der Waals surface area (Å²) in [7, 11) is -1.41. The molecule has 0 saturated carbocycles. The predicted molar refractivity (Wildman–Crippen MR) is 152 cm³/mol.